The van der Waals surface area contributed by atoms with Gasteiger partial charge in [-0.25, -0.2) is 8.78 Å². The summed E-state index contributed by atoms with van der Waals surface area (Å²) in [5, 5.41) is 5.55. The molecule has 1 atom stereocenters. The molecule has 1 aliphatic rings. The van der Waals surface area contributed by atoms with Crippen LogP contribution in [0.25, 0.3) is 0 Å². The Morgan fingerprint density at radius 2 is 2.16 bits per heavy atom. The van der Waals surface area contributed by atoms with Crippen molar-refractivity contribution in [3.05, 3.63) is 29.8 Å². The molecule has 1 unspecified atom stereocenters. The van der Waals surface area contributed by atoms with Gasteiger partial charge < -0.3 is 10.6 Å². The molecule has 1 aromatic carbocycles. The summed E-state index contributed by atoms with van der Waals surface area (Å²) in [4.78, 5) is 13.7. The third-order valence-electron chi connectivity index (χ3n) is 3.05. The van der Waals surface area contributed by atoms with E-state index in [1.54, 1.807) is 0 Å². The molecule has 104 valence electrons. The standard InChI is InChI=1S/C13H17F2N3O/c1-9-7-18(6-5-16-9)8-12(19)17-13-10(14)3-2-4-11(13)15/h2-4,9,16H,5-8H2,1H3,(H,17,19). The lowest BCUT2D eigenvalue weighted by atomic mass is 10.2. The van der Waals surface area contributed by atoms with Crippen molar-refractivity contribution in [2.75, 3.05) is 31.5 Å². The van der Waals surface area contributed by atoms with E-state index in [0.29, 0.717) is 6.04 Å². The van der Waals surface area contributed by atoms with Gasteiger partial charge in [0.2, 0.25) is 5.91 Å². The van der Waals surface area contributed by atoms with Crippen LogP contribution in [0.5, 0.6) is 0 Å². The van der Waals surface area contributed by atoms with Gasteiger partial charge in [0.1, 0.15) is 17.3 Å². The van der Waals surface area contributed by atoms with Crippen LogP contribution in [0.2, 0.25) is 0 Å². The molecular formula is C13H17F2N3O. The molecule has 4 nitrogen and oxygen atoms in total. The highest BCUT2D eigenvalue weighted by Crippen LogP contribution is 2.17. The Morgan fingerprint density at radius 1 is 1.47 bits per heavy atom. The number of carbonyl (C=O) groups excluding carboxylic acids is 1. The van der Waals surface area contributed by atoms with Crippen molar-refractivity contribution in [3.8, 4) is 0 Å². The van der Waals surface area contributed by atoms with Crippen molar-refractivity contribution in [3.63, 3.8) is 0 Å². The second-order valence-corrected chi connectivity index (χ2v) is 4.74. The molecule has 1 aliphatic heterocycles. The molecule has 0 spiro atoms. The number of amides is 1. The highest BCUT2D eigenvalue weighted by Gasteiger charge is 2.19. The Labute approximate surface area is 110 Å². The summed E-state index contributed by atoms with van der Waals surface area (Å²) in [6.07, 6.45) is 0. The van der Waals surface area contributed by atoms with Gasteiger partial charge in [0.05, 0.1) is 6.54 Å². The summed E-state index contributed by atoms with van der Waals surface area (Å²) in [5.41, 5.74) is -0.379. The van der Waals surface area contributed by atoms with Gasteiger partial charge in [-0.1, -0.05) is 6.07 Å². The summed E-state index contributed by atoms with van der Waals surface area (Å²) in [6, 6.07) is 3.81. The number of nitrogens with zero attached hydrogens (tertiary/aromatic N) is 1. The summed E-state index contributed by atoms with van der Waals surface area (Å²) in [7, 11) is 0. The third kappa shape index (κ3) is 3.71. The number of piperazine rings is 1. The minimum absolute atomic E-state index is 0.139. The SMILES string of the molecule is CC1CN(CC(=O)Nc2c(F)cccc2F)CCN1. The predicted octanol–water partition coefficient (Wildman–Crippen LogP) is 1.20. The molecule has 1 heterocycles. The highest BCUT2D eigenvalue weighted by atomic mass is 19.1. The first kappa shape index (κ1) is 13.9. The van der Waals surface area contributed by atoms with E-state index in [1.807, 2.05) is 11.8 Å². The molecule has 2 rings (SSSR count). The molecule has 1 saturated heterocycles. The molecule has 0 aromatic heterocycles. The average molecular weight is 269 g/mol. The maximum Gasteiger partial charge on any atom is 0.238 e. The van der Waals surface area contributed by atoms with Crippen molar-refractivity contribution >= 4 is 11.6 Å². The number of nitrogens with one attached hydrogen (secondary N) is 2. The van der Waals surface area contributed by atoms with Gasteiger partial charge in [-0.15, -0.1) is 0 Å². The van der Waals surface area contributed by atoms with E-state index in [-0.39, 0.29) is 12.2 Å². The van der Waals surface area contributed by atoms with E-state index < -0.39 is 17.5 Å². The molecule has 2 N–H and O–H groups in total. The maximum atomic E-state index is 13.4. The Morgan fingerprint density at radius 3 is 2.79 bits per heavy atom. The van der Waals surface area contributed by atoms with Gasteiger partial charge >= 0.3 is 0 Å². The molecule has 1 fully saturated rings. The number of anilines is 1. The van der Waals surface area contributed by atoms with Crippen molar-refractivity contribution < 1.29 is 13.6 Å². The fourth-order valence-corrected chi connectivity index (χ4v) is 2.16. The van der Waals surface area contributed by atoms with E-state index in [0.717, 1.165) is 31.8 Å². The largest absolute Gasteiger partial charge is 0.320 e. The fraction of sp³-hybridized carbons (Fsp3) is 0.462. The van der Waals surface area contributed by atoms with Crippen LogP contribution in [-0.4, -0.2) is 43.0 Å². The van der Waals surface area contributed by atoms with Gasteiger partial charge in [0.15, 0.2) is 0 Å². The van der Waals surface area contributed by atoms with Crippen LogP contribution >= 0.6 is 0 Å². The van der Waals surface area contributed by atoms with E-state index in [9.17, 15) is 13.6 Å². The third-order valence-corrected chi connectivity index (χ3v) is 3.05. The number of carbonyl (C=O) groups is 1. The molecule has 6 heteroatoms. The smallest absolute Gasteiger partial charge is 0.238 e. The van der Waals surface area contributed by atoms with Crippen LogP contribution in [0.4, 0.5) is 14.5 Å². The van der Waals surface area contributed by atoms with Crippen LogP contribution < -0.4 is 10.6 Å². The monoisotopic (exact) mass is 269 g/mol. The maximum absolute atomic E-state index is 13.4. The number of para-hydroxylation sites is 1. The first-order valence-electron chi connectivity index (χ1n) is 6.26. The highest BCUT2D eigenvalue weighted by molar-refractivity contribution is 5.92. The molecule has 0 bridgehead atoms. The second kappa shape index (κ2) is 6.08. The topological polar surface area (TPSA) is 44.4 Å². The molecule has 19 heavy (non-hydrogen) atoms. The average Bonchev–Trinajstić information content (AvgIpc) is 2.34. The van der Waals surface area contributed by atoms with Gasteiger partial charge in [0.25, 0.3) is 0 Å². The fourth-order valence-electron chi connectivity index (χ4n) is 2.16. The first-order valence-corrected chi connectivity index (χ1v) is 6.26. The van der Waals surface area contributed by atoms with Gasteiger partial charge in [-0.05, 0) is 19.1 Å². The summed E-state index contributed by atoms with van der Waals surface area (Å²) >= 11 is 0. The molecule has 1 amide bonds. The van der Waals surface area contributed by atoms with Crippen molar-refractivity contribution in [2.45, 2.75) is 13.0 Å². The lowest BCUT2D eigenvalue weighted by Crippen LogP contribution is -2.51. The van der Waals surface area contributed by atoms with Crippen molar-refractivity contribution in [1.29, 1.82) is 0 Å². The van der Waals surface area contributed by atoms with Crippen LogP contribution in [0.3, 0.4) is 0 Å². The van der Waals surface area contributed by atoms with E-state index in [4.69, 9.17) is 0 Å². The normalized spacial score (nSPS) is 20.3. The molecule has 0 radical (unpaired) electrons. The molecular weight excluding hydrogens is 252 g/mol. The summed E-state index contributed by atoms with van der Waals surface area (Å²) in [5.74, 6) is -1.93. The quantitative estimate of drug-likeness (QED) is 0.866. The number of benzene rings is 1. The number of hydrogen-bond donors (Lipinski definition) is 2. The van der Waals surface area contributed by atoms with Crippen LogP contribution in [-0.2, 0) is 4.79 Å². The minimum Gasteiger partial charge on any atom is -0.320 e. The summed E-state index contributed by atoms with van der Waals surface area (Å²) in [6.45, 7) is 4.47. The number of halogens is 2. The Kier molecular flexibility index (Phi) is 4.44. The van der Waals surface area contributed by atoms with Gasteiger partial charge in [0, 0.05) is 25.7 Å². The van der Waals surface area contributed by atoms with Gasteiger partial charge in [-0.2, -0.15) is 0 Å². The Hall–Kier alpha value is -1.53. The van der Waals surface area contributed by atoms with Crippen LogP contribution in [0.1, 0.15) is 6.92 Å². The Balaban J connectivity index is 1.94. The van der Waals surface area contributed by atoms with Crippen LogP contribution in [0, 0.1) is 11.6 Å². The molecule has 0 saturated carbocycles. The zero-order valence-corrected chi connectivity index (χ0v) is 10.7. The zero-order chi connectivity index (χ0) is 13.8. The lowest BCUT2D eigenvalue weighted by Gasteiger charge is -2.31. The zero-order valence-electron chi connectivity index (χ0n) is 10.7. The number of rotatable bonds is 3. The lowest BCUT2D eigenvalue weighted by molar-refractivity contribution is -0.117. The van der Waals surface area contributed by atoms with Crippen LogP contribution in [0.15, 0.2) is 18.2 Å². The molecule has 0 aliphatic carbocycles. The summed E-state index contributed by atoms with van der Waals surface area (Å²) < 4.78 is 26.7. The minimum atomic E-state index is -0.762. The van der Waals surface area contributed by atoms with Crippen molar-refractivity contribution in [1.82, 2.24) is 10.2 Å². The predicted molar refractivity (Wildman–Crippen MR) is 68.9 cm³/mol. The number of hydrogen-bond acceptors (Lipinski definition) is 3. The van der Waals surface area contributed by atoms with Gasteiger partial charge in [-0.3, -0.25) is 9.69 Å². The van der Waals surface area contributed by atoms with E-state index in [2.05, 4.69) is 10.6 Å². The van der Waals surface area contributed by atoms with Crippen molar-refractivity contribution in [2.24, 2.45) is 0 Å². The van der Waals surface area contributed by atoms with E-state index >= 15 is 0 Å². The first-order chi connectivity index (χ1) is 9.06. The second-order valence-electron chi connectivity index (χ2n) is 4.74. The Bertz CT molecular complexity index is 447. The molecule has 1 aromatic rings. The van der Waals surface area contributed by atoms with E-state index in [1.165, 1.54) is 6.07 Å².